The summed E-state index contributed by atoms with van der Waals surface area (Å²) >= 11 is 2.91. The highest BCUT2D eigenvalue weighted by atomic mass is 32.1. The molecule has 0 bridgehead atoms. The molecule has 0 spiro atoms. The van der Waals surface area contributed by atoms with Crippen molar-refractivity contribution in [1.29, 1.82) is 0 Å². The van der Waals surface area contributed by atoms with Gasteiger partial charge in [-0.2, -0.15) is 26.3 Å². The fourth-order valence-electron chi connectivity index (χ4n) is 6.24. The molecule has 1 aliphatic heterocycles. The number of benzene rings is 4. The molecule has 1 unspecified atom stereocenters. The molecule has 1 saturated heterocycles. The summed E-state index contributed by atoms with van der Waals surface area (Å²) in [5.41, 5.74) is 1.87. The maximum absolute atomic E-state index is 13.0. The van der Waals surface area contributed by atoms with Crippen molar-refractivity contribution in [2.75, 3.05) is 19.6 Å². The summed E-state index contributed by atoms with van der Waals surface area (Å²) in [5.74, 6) is -1.91. The average Bonchev–Trinajstić information content (AvgIpc) is 3.88. The van der Waals surface area contributed by atoms with Crippen molar-refractivity contribution in [3.63, 3.8) is 0 Å². The maximum atomic E-state index is 13.0. The highest BCUT2D eigenvalue weighted by Crippen LogP contribution is 2.39. The number of hydrogen-bond donors (Lipinski definition) is 3. The average molecular weight is 785 g/mol. The van der Waals surface area contributed by atoms with Gasteiger partial charge in [-0.3, -0.25) is 14.5 Å². The molecule has 0 amide bonds. The van der Waals surface area contributed by atoms with E-state index in [0.717, 1.165) is 59.7 Å². The number of fused-ring (bicyclic) bond motifs is 2. The Morgan fingerprint density at radius 2 is 1.26 bits per heavy atom. The third-order valence-electron chi connectivity index (χ3n) is 8.98. The van der Waals surface area contributed by atoms with Gasteiger partial charge >= 0.3 is 24.3 Å². The van der Waals surface area contributed by atoms with Gasteiger partial charge < -0.3 is 15.5 Å². The minimum atomic E-state index is -4.36. The van der Waals surface area contributed by atoms with Gasteiger partial charge in [-0.05, 0) is 107 Å². The molecule has 6 nitrogen and oxygen atoms in total. The van der Waals surface area contributed by atoms with E-state index in [4.69, 9.17) is 10.2 Å². The number of aliphatic carboxylic acids is 2. The number of rotatable bonds is 10. The Bertz CT molecular complexity index is 2280. The second-order valence-electron chi connectivity index (χ2n) is 13.0. The number of carbonyl (C=O) groups is 2. The van der Waals surface area contributed by atoms with Gasteiger partial charge in [0.1, 0.15) is 0 Å². The number of thiophene rings is 2. The number of carboxylic acids is 2. The summed E-state index contributed by atoms with van der Waals surface area (Å²) < 4.78 is 79.6. The summed E-state index contributed by atoms with van der Waals surface area (Å²) in [7, 11) is 0. The Kier molecular flexibility index (Phi) is 11.8. The largest absolute Gasteiger partial charge is 0.481 e. The highest BCUT2D eigenvalue weighted by molar-refractivity contribution is 7.22. The molecule has 1 aliphatic rings. The number of halogens is 6. The van der Waals surface area contributed by atoms with Crippen LogP contribution in [-0.2, 0) is 35.0 Å². The number of nitrogens with zero attached hydrogens (tertiary/aromatic N) is 1. The summed E-state index contributed by atoms with van der Waals surface area (Å²) in [5, 5.41) is 22.8. The van der Waals surface area contributed by atoms with Crippen molar-refractivity contribution in [3.05, 3.63) is 119 Å². The number of nitrogens with one attached hydrogen (secondary N) is 1. The zero-order valence-corrected chi connectivity index (χ0v) is 30.1. The second-order valence-corrected chi connectivity index (χ2v) is 15.2. The standard InChI is InChI=1S/C21H18F3NO2S.C19H16F3NO2S/c22-21(23,24)17-3-1-2-14(9-17)19-10-16-8-13(4-5-18(16)28-19)11-25-7-6-15(12-25)20(26)27;20-19(21,22)15-3-1-2-13(9-15)17-10-14-8-12(4-5-16(14)26-17)11-23-7-6-18(24)25/h1-5,8-10,15H,6-7,11-12H2,(H,26,27);1-5,8-10,23H,6-7,11H2,(H,24,25). The van der Waals surface area contributed by atoms with E-state index in [1.54, 1.807) is 12.1 Å². The molecule has 0 radical (unpaired) electrons. The van der Waals surface area contributed by atoms with Crippen LogP contribution in [0.25, 0.3) is 41.1 Å². The Labute approximate surface area is 314 Å². The van der Waals surface area contributed by atoms with Crippen molar-refractivity contribution in [2.24, 2.45) is 5.92 Å². The molecular weight excluding hydrogens is 751 g/mol. The van der Waals surface area contributed by atoms with E-state index >= 15 is 0 Å². The molecule has 0 saturated carbocycles. The number of carboxylic acid groups (broad SMARTS) is 2. The highest BCUT2D eigenvalue weighted by Gasteiger charge is 2.32. The van der Waals surface area contributed by atoms with E-state index in [-0.39, 0.29) is 12.3 Å². The van der Waals surface area contributed by atoms with Crippen molar-refractivity contribution < 1.29 is 46.1 Å². The first-order chi connectivity index (χ1) is 25.6. The van der Waals surface area contributed by atoms with Crippen LogP contribution in [0.2, 0.25) is 0 Å². The molecule has 1 atom stereocenters. The van der Waals surface area contributed by atoms with Crippen molar-refractivity contribution in [2.45, 2.75) is 38.3 Å². The topological polar surface area (TPSA) is 89.9 Å². The van der Waals surface area contributed by atoms with Crippen LogP contribution in [0, 0.1) is 5.92 Å². The smallest absolute Gasteiger partial charge is 0.416 e. The lowest BCUT2D eigenvalue weighted by Crippen LogP contribution is -2.22. The first-order valence-corrected chi connectivity index (χ1v) is 18.5. The Balaban J connectivity index is 0.000000185. The van der Waals surface area contributed by atoms with E-state index in [1.807, 2.05) is 48.5 Å². The fourth-order valence-corrected chi connectivity index (χ4v) is 8.32. The van der Waals surface area contributed by atoms with Crippen molar-refractivity contribution in [3.8, 4) is 20.9 Å². The molecule has 54 heavy (non-hydrogen) atoms. The molecule has 14 heteroatoms. The summed E-state index contributed by atoms with van der Waals surface area (Å²) in [6.07, 6.45) is -8.00. The van der Waals surface area contributed by atoms with Crippen LogP contribution in [-0.4, -0.2) is 46.7 Å². The van der Waals surface area contributed by atoms with E-state index < -0.39 is 35.4 Å². The number of hydrogen-bond acceptors (Lipinski definition) is 6. The van der Waals surface area contributed by atoms with Crippen LogP contribution in [0.4, 0.5) is 26.3 Å². The third-order valence-corrected chi connectivity index (χ3v) is 11.3. The predicted molar refractivity (Wildman–Crippen MR) is 200 cm³/mol. The zero-order valence-electron chi connectivity index (χ0n) is 28.5. The predicted octanol–water partition coefficient (Wildman–Crippen LogP) is 10.6. The van der Waals surface area contributed by atoms with Gasteiger partial charge in [0.25, 0.3) is 0 Å². The van der Waals surface area contributed by atoms with Crippen molar-refractivity contribution in [1.82, 2.24) is 10.2 Å². The Hall–Kier alpha value is -4.76. The Morgan fingerprint density at radius 1 is 0.722 bits per heavy atom. The van der Waals surface area contributed by atoms with E-state index in [1.165, 1.54) is 46.9 Å². The van der Waals surface area contributed by atoms with Gasteiger partial charge in [0.15, 0.2) is 0 Å². The van der Waals surface area contributed by atoms with E-state index in [0.29, 0.717) is 43.7 Å². The molecule has 6 aromatic rings. The van der Waals surface area contributed by atoms with Crippen LogP contribution < -0.4 is 5.32 Å². The quantitative estimate of drug-likeness (QED) is 0.0947. The zero-order chi connectivity index (χ0) is 38.6. The van der Waals surface area contributed by atoms with Crippen LogP contribution in [0.15, 0.2) is 97.1 Å². The minimum Gasteiger partial charge on any atom is -0.481 e. The van der Waals surface area contributed by atoms with Crippen LogP contribution in [0.5, 0.6) is 0 Å². The fraction of sp³-hybridized carbons (Fsp3) is 0.250. The van der Waals surface area contributed by atoms with E-state index in [9.17, 15) is 35.9 Å². The minimum absolute atomic E-state index is 0.0559. The molecule has 4 aromatic carbocycles. The van der Waals surface area contributed by atoms with Gasteiger partial charge in [-0.1, -0.05) is 36.4 Å². The molecule has 0 aliphatic carbocycles. The van der Waals surface area contributed by atoms with Crippen molar-refractivity contribution >= 4 is 54.8 Å². The lowest BCUT2D eigenvalue weighted by molar-refractivity contribution is -0.141. The Morgan fingerprint density at radius 3 is 1.76 bits per heavy atom. The SMILES string of the molecule is O=C(O)C1CCN(Cc2ccc3sc(-c4cccc(C(F)(F)F)c4)cc3c2)C1.O=C(O)CCNCc1ccc2sc(-c3cccc(C(F)(F)F)c3)cc2c1. The van der Waals surface area contributed by atoms with E-state index in [2.05, 4.69) is 10.2 Å². The lowest BCUT2D eigenvalue weighted by Gasteiger charge is -2.15. The molecule has 282 valence electrons. The van der Waals surface area contributed by atoms with Crippen LogP contribution in [0.1, 0.15) is 35.1 Å². The van der Waals surface area contributed by atoms with Crippen LogP contribution >= 0.6 is 22.7 Å². The number of likely N-dealkylation sites (tertiary alicyclic amines) is 1. The van der Waals surface area contributed by atoms with Gasteiger partial charge in [-0.25, -0.2) is 0 Å². The lowest BCUT2D eigenvalue weighted by atomic mass is 10.1. The normalized spacial score (nSPS) is 15.0. The molecule has 3 heterocycles. The first-order valence-electron chi connectivity index (χ1n) is 16.9. The summed E-state index contributed by atoms with van der Waals surface area (Å²) in [6, 6.07) is 26.4. The molecular formula is C40H34F6N2O4S2. The van der Waals surface area contributed by atoms with Gasteiger partial charge in [0.2, 0.25) is 0 Å². The molecule has 2 aromatic heterocycles. The maximum Gasteiger partial charge on any atom is 0.416 e. The summed E-state index contributed by atoms with van der Waals surface area (Å²) in [6.45, 7) is 2.90. The van der Waals surface area contributed by atoms with Gasteiger partial charge in [-0.15, -0.1) is 22.7 Å². The van der Waals surface area contributed by atoms with Crippen LogP contribution in [0.3, 0.4) is 0 Å². The second kappa shape index (κ2) is 16.3. The molecule has 7 rings (SSSR count). The first kappa shape index (κ1) is 38.9. The van der Waals surface area contributed by atoms with Gasteiger partial charge in [0, 0.05) is 45.3 Å². The third kappa shape index (κ3) is 9.85. The number of alkyl halides is 6. The monoisotopic (exact) mass is 784 g/mol. The molecule has 1 fully saturated rings. The summed E-state index contributed by atoms with van der Waals surface area (Å²) in [4.78, 5) is 25.3. The van der Waals surface area contributed by atoms with Gasteiger partial charge in [0.05, 0.1) is 23.5 Å². The molecule has 3 N–H and O–H groups in total.